The SMILES string of the molecule is CCOC(=O)C1=C(C)N=c2s/c(=C\c3ccc(-c4ccc(Cl)c([N+](=O)[O-])c4)o3)c(=O)n2[C@@H]1c1ccc(-c2cc([N+](=O)[O-])ccc2Cl)o1. The second-order valence-corrected chi connectivity index (χ2v) is 11.9. The van der Waals surface area contributed by atoms with Crippen LogP contribution in [0.3, 0.4) is 0 Å². The van der Waals surface area contributed by atoms with Gasteiger partial charge in [-0.1, -0.05) is 34.5 Å². The molecule has 0 spiro atoms. The zero-order chi connectivity index (χ0) is 33.6. The van der Waals surface area contributed by atoms with Crippen molar-refractivity contribution in [1.29, 1.82) is 0 Å². The summed E-state index contributed by atoms with van der Waals surface area (Å²) in [5.41, 5.74) is 0.0377. The second kappa shape index (κ2) is 12.5. The van der Waals surface area contributed by atoms with E-state index in [0.29, 0.717) is 17.0 Å². The summed E-state index contributed by atoms with van der Waals surface area (Å²) in [5, 5.41) is 22.9. The van der Waals surface area contributed by atoms with Gasteiger partial charge in [0.15, 0.2) is 4.80 Å². The molecule has 16 heteroatoms. The minimum atomic E-state index is -1.10. The Balaban J connectivity index is 1.45. The van der Waals surface area contributed by atoms with E-state index in [0.717, 1.165) is 11.3 Å². The molecule has 5 aromatic rings. The number of nitro benzene ring substituents is 2. The van der Waals surface area contributed by atoms with Crippen LogP contribution in [0.2, 0.25) is 10.0 Å². The molecule has 0 amide bonds. The molecule has 0 aliphatic carbocycles. The molecule has 0 saturated carbocycles. The minimum absolute atomic E-state index is 0.0180. The van der Waals surface area contributed by atoms with Gasteiger partial charge in [0.1, 0.15) is 34.1 Å². The number of furan rings is 2. The molecule has 2 aromatic carbocycles. The van der Waals surface area contributed by atoms with Gasteiger partial charge in [0, 0.05) is 35.4 Å². The topological polar surface area (TPSA) is 173 Å². The molecule has 0 bridgehead atoms. The molecule has 238 valence electrons. The zero-order valence-electron chi connectivity index (χ0n) is 24.3. The van der Waals surface area contributed by atoms with Crippen molar-refractivity contribution in [3.8, 4) is 22.6 Å². The van der Waals surface area contributed by atoms with Crippen LogP contribution in [0.25, 0.3) is 28.7 Å². The Morgan fingerprint density at radius 3 is 2.49 bits per heavy atom. The van der Waals surface area contributed by atoms with Crippen LogP contribution in [0.1, 0.15) is 31.4 Å². The summed E-state index contributed by atoms with van der Waals surface area (Å²) in [5.74, 6) is 0.231. The van der Waals surface area contributed by atoms with E-state index in [2.05, 4.69) is 4.99 Å². The summed E-state index contributed by atoms with van der Waals surface area (Å²) < 4.78 is 18.8. The highest BCUT2D eigenvalue weighted by Gasteiger charge is 2.36. The van der Waals surface area contributed by atoms with Crippen LogP contribution in [0.15, 0.2) is 90.6 Å². The van der Waals surface area contributed by atoms with Gasteiger partial charge in [0.25, 0.3) is 16.9 Å². The highest BCUT2D eigenvalue weighted by molar-refractivity contribution is 7.07. The van der Waals surface area contributed by atoms with Crippen LogP contribution in [-0.2, 0) is 9.53 Å². The third-order valence-electron chi connectivity index (χ3n) is 7.17. The van der Waals surface area contributed by atoms with E-state index < -0.39 is 27.4 Å². The number of nitro groups is 2. The number of hydrogen-bond acceptors (Lipinski definition) is 11. The number of esters is 1. The van der Waals surface area contributed by atoms with E-state index in [1.54, 1.807) is 44.2 Å². The molecule has 0 saturated heterocycles. The number of nitrogens with zero attached hydrogens (tertiary/aromatic N) is 4. The molecular weight excluding hydrogens is 675 g/mol. The lowest BCUT2D eigenvalue weighted by Crippen LogP contribution is -2.39. The normalized spacial score (nSPS) is 14.6. The van der Waals surface area contributed by atoms with Gasteiger partial charge in [-0.25, -0.2) is 9.79 Å². The summed E-state index contributed by atoms with van der Waals surface area (Å²) in [7, 11) is 0. The predicted molar refractivity (Wildman–Crippen MR) is 172 cm³/mol. The summed E-state index contributed by atoms with van der Waals surface area (Å²) in [6, 6.07) is 13.4. The van der Waals surface area contributed by atoms with Gasteiger partial charge in [-0.2, -0.15) is 0 Å². The minimum Gasteiger partial charge on any atom is -0.463 e. The molecule has 1 aliphatic rings. The standard InChI is InChI=1S/C31H20Cl2N4O9S/c1-3-44-30(39)27-15(2)34-31-35(28(27)25-11-10-24(46-25)19-13-17(36(40)41)5-8-20(19)32)29(38)26(47-31)14-18-6-9-23(45-18)16-4-7-21(33)22(12-16)37(42)43/h4-14,28H,3H2,1-2H3/b26-14-/t28-/m1/s1. The molecule has 0 unspecified atom stereocenters. The van der Waals surface area contributed by atoms with Gasteiger partial charge in [-0.15, -0.1) is 0 Å². The molecule has 6 rings (SSSR count). The Kier molecular flexibility index (Phi) is 8.40. The Labute approximate surface area is 277 Å². The zero-order valence-corrected chi connectivity index (χ0v) is 26.6. The van der Waals surface area contributed by atoms with Crippen LogP contribution in [0, 0.1) is 20.2 Å². The summed E-state index contributed by atoms with van der Waals surface area (Å²) in [4.78, 5) is 53.5. The number of carbonyl (C=O) groups is 1. The number of benzene rings is 2. The molecule has 0 radical (unpaired) electrons. The smallest absolute Gasteiger partial charge is 0.338 e. The first-order chi connectivity index (χ1) is 22.5. The fourth-order valence-corrected chi connectivity index (χ4v) is 6.47. The summed E-state index contributed by atoms with van der Waals surface area (Å²) >= 11 is 13.3. The van der Waals surface area contributed by atoms with Crippen LogP contribution in [-0.4, -0.2) is 27.0 Å². The predicted octanol–water partition coefficient (Wildman–Crippen LogP) is 6.44. The van der Waals surface area contributed by atoms with Crippen molar-refractivity contribution in [3.05, 3.63) is 133 Å². The lowest BCUT2D eigenvalue weighted by Gasteiger charge is -2.22. The molecule has 1 atom stereocenters. The molecule has 3 aromatic heterocycles. The van der Waals surface area contributed by atoms with Gasteiger partial charge in [0.2, 0.25) is 0 Å². The second-order valence-electron chi connectivity index (χ2n) is 10.1. The van der Waals surface area contributed by atoms with Crippen molar-refractivity contribution in [3.63, 3.8) is 0 Å². The van der Waals surface area contributed by atoms with Crippen molar-refractivity contribution < 1.29 is 28.2 Å². The number of halogens is 2. The monoisotopic (exact) mass is 694 g/mol. The van der Waals surface area contributed by atoms with Crippen LogP contribution in [0.4, 0.5) is 11.4 Å². The van der Waals surface area contributed by atoms with Gasteiger partial charge in [-0.3, -0.25) is 29.6 Å². The van der Waals surface area contributed by atoms with Crippen molar-refractivity contribution in [2.75, 3.05) is 6.61 Å². The number of hydrogen-bond donors (Lipinski definition) is 0. The molecule has 13 nitrogen and oxygen atoms in total. The van der Waals surface area contributed by atoms with Crippen LogP contribution >= 0.6 is 34.5 Å². The summed E-state index contributed by atoms with van der Waals surface area (Å²) in [6.45, 7) is 3.33. The highest BCUT2D eigenvalue weighted by Crippen LogP contribution is 2.37. The van der Waals surface area contributed by atoms with Gasteiger partial charge in [-0.05, 0) is 56.3 Å². The maximum Gasteiger partial charge on any atom is 0.338 e. The maximum atomic E-state index is 14.0. The van der Waals surface area contributed by atoms with Crippen molar-refractivity contribution in [2.24, 2.45) is 4.99 Å². The Morgan fingerprint density at radius 2 is 1.77 bits per heavy atom. The fraction of sp³-hybridized carbons (Fsp3) is 0.129. The number of fused-ring (bicyclic) bond motifs is 1. The van der Waals surface area contributed by atoms with E-state index in [1.807, 2.05) is 0 Å². The molecule has 4 heterocycles. The third kappa shape index (κ3) is 5.89. The van der Waals surface area contributed by atoms with E-state index in [-0.39, 0.29) is 65.8 Å². The maximum absolute atomic E-state index is 14.0. The third-order valence-corrected chi connectivity index (χ3v) is 8.80. The largest absolute Gasteiger partial charge is 0.463 e. The molecule has 1 aliphatic heterocycles. The quantitative estimate of drug-likeness (QED) is 0.101. The van der Waals surface area contributed by atoms with E-state index in [9.17, 15) is 29.8 Å². The molecule has 0 N–H and O–H groups in total. The Hall–Kier alpha value is -5.31. The number of aromatic nitrogens is 1. The van der Waals surface area contributed by atoms with Gasteiger partial charge < -0.3 is 13.6 Å². The van der Waals surface area contributed by atoms with Gasteiger partial charge >= 0.3 is 5.97 Å². The van der Waals surface area contributed by atoms with Crippen molar-refractivity contribution in [1.82, 2.24) is 4.57 Å². The number of thiazole rings is 1. The number of ether oxygens (including phenoxy) is 1. The van der Waals surface area contributed by atoms with E-state index in [4.69, 9.17) is 36.8 Å². The molecule has 47 heavy (non-hydrogen) atoms. The number of carbonyl (C=O) groups excluding carboxylic acids is 1. The molecule has 0 fully saturated rings. The number of allylic oxidation sites excluding steroid dienone is 1. The van der Waals surface area contributed by atoms with Crippen LogP contribution in [0.5, 0.6) is 0 Å². The fourth-order valence-electron chi connectivity index (χ4n) is 5.04. The van der Waals surface area contributed by atoms with Crippen molar-refractivity contribution in [2.45, 2.75) is 19.9 Å². The lowest BCUT2D eigenvalue weighted by atomic mass is 10.0. The summed E-state index contributed by atoms with van der Waals surface area (Å²) in [6.07, 6.45) is 1.49. The van der Waals surface area contributed by atoms with E-state index in [1.165, 1.54) is 41.0 Å². The van der Waals surface area contributed by atoms with Gasteiger partial charge in [0.05, 0.1) is 37.3 Å². The lowest BCUT2D eigenvalue weighted by molar-refractivity contribution is -0.384. The first kappa shape index (κ1) is 31.7. The first-order valence-electron chi connectivity index (χ1n) is 13.7. The molecular formula is C31H20Cl2N4O9S. The van der Waals surface area contributed by atoms with Crippen molar-refractivity contribution >= 4 is 58.0 Å². The number of rotatable bonds is 8. The van der Waals surface area contributed by atoms with Crippen LogP contribution < -0.4 is 14.9 Å². The average molecular weight is 695 g/mol. The Morgan fingerprint density at radius 1 is 1.02 bits per heavy atom. The van der Waals surface area contributed by atoms with E-state index >= 15 is 0 Å². The average Bonchev–Trinajstić information content (AvgIpc) is 3.77. The first-order valence-corrected chi connectivity index (χ1v) is 15.3. The Bertz CT molecular complexity index is 2330. The number of non-ortho nitro benzene ring substituents is 1. The highest BCUT2D eigenvalue weighted by atomic mass is 35.5.